The van der Waals surface area contributed by atoms with E-state index in [9.17, 15) is 5.26 Å². The molecule has 0 saturated carbocycles. The molecule has 4 rings (SSSR count). The zero-order chi connectivity index (χ0) is 19.3. The Hall–Kier alpha value is -3.71. The van der Waals surface area contributed by atoms with E-state index >= 15 is 0 Å². The molecular weight excluding hydrogens is 346 g/mol. The van der Waals surface area contributed by atoms with Crippen LogP contribution >= 0.6 is 0 Å². The molecular formula is C24H19N3O. The molecule has 0 N–H and O–H groups in total. The monoisotopic (exact) mass is 365 g/mol. The van der Waals surface area contributed by atoms with Gasteiger partial charge >= 0.3 is 0 Å². The highest BCUT2D eigenvalue weighted by molar-refractivity contribution is 5.74. The van der Waals surface area contributed by atoms with E-state index in [4.69, 9.17) is 4.74 Å². The van der Waals surface area contributed by atoms with Gasteiger partial charge in [-0.05, 0) is 41.3 Å². The molecule has 0 fully saturated rings. The van der Waals surface area contributed by atoms with Crippen LogP contribution < -0.4 is 4.74 Å². The maximum Gasteiger partial charge on any atom is 0.236 e. The zero-order valence-electron chi connectivity index (χ0n) is 15.6. The van der Waals surface area contributed by atoms with Gasteiger partial charge in [-0.2, -0.15) is 5.26 Å². The van der Waals surface area contributed by atoms with Crippen LogP contribution in [0.2, 0.25) is 0 Å². The van der Waals surface area contributed by atoms with E-state index in [0.29, 0.717) is 18.1 Å². The zero-order valence-corrected chi connectivity index (χ0v) is 15.6. The van der Waals surface area contributed by atoms with E-state index in [1.165, 1.54) is 0 Å². The van der Waals surface area contributed by atoms with E-state index in [-0.39, 0.29) is 0 Å². The van der Waals surface area contributed by atoms with Gasteiger partial charge in [0.05, 0.1) is 22.7 Å². The SMILES string of the molecule is CCc1nc2ccccc2nc1OCc1ccc(-c2ccccc2C#N)cc1. The number of benzene rings is 3. The Kier molecular flexibility index (Phi) is 4.99. The molecule has 4 nitrogen and oxygen atoms in total. The molecule has 0 amide bonds. The number of nitriles is 1. The first kappa shape index (κ1) is 17.7. The number of nitrogens with zero attached hydrogens (tertiary/aromatic N) is 3. The second kappa shape index (κ2) is 7.89. The number of hydrogen-bond donors (Lipinski definition) is 0. The van der Waals surface area contributed by atoms with Crippen LogP contribution in [0.5, 0.6) is 5.88 Å². The maximum atomic E-state index is 9.29. The molecule has 1 aromatic heterocycles. The summed E-state index contributed by atoms with van der Waals surface area (Å²) in [5.74, 6) is 0.583. The van der Waals surface area contributed by atoms with Gasteiger partial charge in [0.1, 0.15) is 12.3 Å². The van der Waals surface area contributed by atoms with Crippen molar-refractivity contribution in [2.24, 2.45) is 0 Å². The minimum Gasteiger partial charge on any atom is -0.471 e. The molecule has 0 aliphatic carbocycles. The van der Waals surface area contributed by atoms with Crippen LogP contribution in [-0.2, 0) is 13.0 Å². The van der Waals surface area contributed by atoms with Crippen LogP contribution in [0, 0.1) is 11.3 Å². The topological polar surface area (TPSA) is 58.8 Å². The van der Waals surface area contributed by atoms with Crippen molar-refractivity contribution in [3.8, 4) is 23.1 Å². The van der Waals surface area contributed by atoms with Crippen LogP contribution in [-0.4, -0.2) is 9.97 Å². The first-order valence-electron chi connectivity index (χ1n) is 9.25. The van der Waals surface area contributed by atoms with Crippen molar-refractivity contribution < 1.29 is 4.74 Å². The van der Waals surface area contributed by atoms with E-state index < -0.39 is 0 Å². The van der Waals surface area contributed by atoms with Gasteiger partial charge in [-0.15, -0.1) is 0 Å². The van der Waals surface area contributed by atoms with Gasteiger partial charge in [0.2, 0.25) is 5.88 Å². The minimum atomic E-state index is 0.417. The molecule has 0 aliphatic rings. The van der Waals surface area contributed by atoms with E-state index in [1.807, 2.05) is 79.7 Å². The van der Waals surface area contributed by atoms with Gasteiger partial charge < -0.3 is 4.74 Å². The second-order valence-corrected chi connectivity index (χ2v) is 6.46. The van der Waals surface area contributed by atoms with Crippen molar-refractivity contribution in [2.75, 3.05) is 0 Å². The third-order valence-corrected chi connectivity index (χ3v) is 4.63. The summed E-state index contributed by atoms with van der Waals surface area (Å²) < 4.78 is 5.99. The van der Waals surface area contributed by atoms with Gasteiger partial charge in [-0.25, -0.2) is 9.97 Å². The van der Waals surface area contributed by atoms with Gasteiger partial charge in [0, 0.05) is 0 Å². The van der Waals surface area contributed by atoms with Crippen molar-refractivity contribution in [1.82, 2.24) is 9.97 Å². The molecule has 0 saturated heterocycles. The summed E-state index contributed by atoms with van der Waals surface area (Å²) in [6.45, 7) is 2.47. The van der Waals surface area contributed by atoms with Crippen molar-refractivity contribution in [2.45, 2.75) is 20.0 Å². The fourth-order valence-electron chi connectivity index (χ4n) is 3.13. The van der Waals surface area contributed by atoms with Crippen molar-refractivity contribution in [1.29, 1.82) is 5.26 Å². The van der Waals surface area contributed by atoms with E-state index in [2.05, 4.69) is 16.0 Å². The Morgan fingerprint density at radius 3 is 2.25 bits per heavy atom. The first-order chi connectivity index (χ1) is 13.8. The molecule has 0 bridgehead atoms. The van der Waals surface area contributed by atoms with E-state index in [1.54, 1.807) is 0 Å². The Morgan fingerprint density at radius 2 is 1.54 bits per heavy atom. The number of aryl methyl sites for hydroxylation is 1. The lowest BCUT2D eigenvalue weighted by molar-refractivity contribution is 0.290. The number of aromatic nitrogens is 2. The van der Waals surface area contributed by atoms with Crippen molar-refractivity contribution >= 4 is 11.0 Å². The summed E-state index contributed by atoms with van der Waals surface area (Å²) in [5, 5.41) is 9.29. The van der Waals surface area contributed by atoms with Crippen LogP contribution in [0.15, 0.2) is 72.8 Å². The molecule has 4 aromatic rings. The average molecular weight is 365 g/mol. The van der Waals surface area contributed by atoms with Gasteiger partial charge in [0.25, 0.3) is 0 Å². The predicted octanol–water partition coefficient (Wildman–Crippen LogP) is 5.31. The highest BCUT2D eigenvalue weighted by atomic mass is 16.5. The number of para-hydroxylation sites is 2. The summed E-state index contributed by atoms with van der Waals surface area (Å²) in [6.07, 6.45) is 0.761. The second-order valence-electron chi connectivity index (χ2n) is 6.46. The smallest absolute Gasteiger partial charge is 0.236 e. The lowest BCUT2D eigenvalue weighted by atomic mass is 9.99. The fraction of sp³-hybridized carbons (Fsp3) is 0.125. The van der Waals surface area contributed by atoms with Crippen LogP contribution in [0.3, 0.4) is 0 Å². The Bertz CT molecular complexity index is 1160. The fourth-order valence-corrected chi connectivity index (χ4v) is 3.13. The molecule has 1 heterocycles. The molecule has 0 radical (unpaired) electrons. The summed E-state index contributed by atoms with van der Waals surface area (Å²) in [5.41, 5.74) is 6.23. The molecule has 0 unspecified atom stereocenters. The summed E-state index contributed by atoms with van der Waals surface area (Å²) >= 11 is 0. The van der Waals surface area contributed by atoms with Crippen LogP contribution in [0.25, 0.3) is 22.2 Å². The first-order valence-corrected chi connectivity index (χ1v) is 9.25. The van der Waals surface area contributed by atoms with E-state index in [0.717, 1.165) is 39.8 Å². The highest BCUT2D eigenvalue weighted by Gasteiger charge is 2.09. The maximum absolute atomic E-state index is 9.29. The highest BCUT2D eigenvalue weighted by Crippen LogP contribution is 2.24. The predicted molar refractivity (Wildman–Crippen MR) is 110 cm³/mol. The molecule has 0 aliphatic heterocycles. The average Bonchev–Trinajstić information content (AvgIpc) is 2.77. The van der Waals surface area contributed by atoms with Crippen molar-refractivity contribution in [3.05, 3.63) is 89.6 Å². The van der Waals surface area contributed by atoms with Gasteiger partial charge in [-0.1, -0.05) is 61.5 Å². The molecule has 4 heteroatoms. The third kappa shape index (κ3) is 3.56. The third-order valence-electron chi connectivity index (χ3n) is 4.63. The number of hydrogen-bond acceptors (Lipinski definition) is 4. The molecule has 0 atom stereocenters. The lowest BCUT2D eigenvalue weighted by Gasteiger charge is -2.11. The van der Waals surface area contributed by atoms with Gasteiger partial charge in [-0.3, -0.25) is 0 Å². The number of rotatable bonds is 5. The largest absolute Gasteiger partial charge is 0.471 e. The van der Waals surface area contributed by atoms with Crippen LogP contribution in [0.1, 0.15) is 23.7 Å². The van der Waals surface area contributed by atoms with Crippen molar-refractivity contribution in [3.63, 3.8) is 0 Å². The molecule has 3 aromatic carbocycles. The minimum absolute atomic E-state index is 0.417. The molecule has 0 spiro atoms. The molecule has 136 valence electrons. The number of fused-ring (bicyclic) bond motifs is 1. The Balaban J connectivity index is 1.54. The quantitative estimate of drug-likeness (QED) is 0.481. The Morgan fingerprint density at radius 1 is 0.857 bits per heavy atom. The summed E-state index contributed by atoms with van der Waals surface area (Å²) in [4.78, 5) is 9.29. The molecule has 28 heavy (non-hydrogen) atoms. The lowest BCUT2D eigenvalue weighted by Crippen LogP contribution is -2.03. The summed E-state index contributed by atoms with van der Waals surface area (Å²) in [7, 11) is 0. The normalized spacial score (nSPS) is 10.6. The number of ether oxygens (including phenoxy) is 1. The standard InChI is InChI=1S/C24H19N3O/c1-2-21-24(27-23-10-6-5-9-22(23)26-21)28-16-17-11-13-18(14-12-17)20-8-4-3-7-19(20)15-25/h3-14H,2,16H2,1H3. The Labute approximate surface area is 164 Å². The summed E-state index contributed by atoms with van der Waals surface area (Å²) in [6, 6.07) is 25.7. The van der Waals surface area contributed by atoms with Gasteiger partial charge in [0.15, 0.2) is 0 Å². The van der Waals surface area contributed by atoms with Crippen LogP contribution in [0.4, 0.5) is 0 Å².